The van der Waals surface area contributed by atoms with Crippen LogP contribution in [0, 0.1) is 6.92 Å². The van der Waals surface area contributed by atoms with E-state index in [0.717, 1.165) is 11.3 Å². The number of carbonyl (C=O) groups excluding carboxylic acids is 1. The lowest BCUT2D eigenvalue weighted by Crippen LogP contribution is -2.28. The molecule has 0 aliphatic heterocycles. The van der Waals surface area contributed by atoms with Gasteiger partial charge in [-0.2, -0.15) is 0 Å². The van der Waals surface area contributed by atoms with E-state index in [0.29, 0.717) is 16.8 Å². The van der Waals surface area contributed by atoms with Crippen LogP contribution in [0.1, 0.15) is 34.5 Å². The van der Waals surface area contributed by atoms with E-state index in [1.54, 1.807) is 62.6 Å². The Hall–Kier alpha value is -3.32. The number of aryl methyl sites for hydroxylation is 1. The number of ether oxygens (including phenoxy) is 1. The van der Waals surface area contributed by atoms with E-state index in [-0.39, 0.29) is 16.8 Å². The molecule has 3 aromatic carbocycles. The highest BCUT2D eigenvalue weighted by molar-refractivity contribution is 7.92. The van der Waals surface area contributed by atoms with E-state index in [4.69, 9.17) is 4.74 Å². The number of nitrogens with one attached hydrogen (secondary N) is 1. The Balaban J connectivity index is 1.77. The molecule has 1 N–H and O–H groups in total. The summed E-state index contributed by atoms with van der Waals surface area (Å²) < 4.78 is 32.2. The fourth-order valence-electron chi connectivity index (χ4n) is 3.29. The second-order valence-corrected chi connectivity index (χ2v) is 9.22. The predicted octanol–water partition coefficient (Wildman–Crippen LogP) is 4.32. The SMILES string of the molecule is COc1ccc([C@@H](C)NC(=O)c2ccc(N(C)S(=O)(=O)c3ccccc3)c(C)c2)cc1. The Morgan fingerprint density at radius 2 is 1.65 bits per heavy atom. The monoisotopic (exact) mass is 438 g/mol. The molecule has 0 saturated carbocycles. The first-order chi connectivity index (χ1) is 14.7. The van der Waals surface area contributed by atoms with E-state index in [9.17, 15) is 13.2 Å². The van der Waals surface area contributed by atoms with Gasteiger partial charge in [-0.05, 0) is 67.4 Å². The first-order valence-corrected chi connectivity index (χ1v) is 11.3. The van der Waals surface area contributed by atoms with E-state index in [2.05, 4.69) is 5.32 Å². The maximum absolute atomic E-state index is 12.9. The molecule has 3 aromatic rings. The van der Waals surface area contributed by atoms with Crippen molar-refractivity contribution in [2.75, 3.05) is 18.5 Å². The molecule has 0 bridgehead atoms. The largest absolute Gasteiger partial charge is 0.497 e. The summed E-state index contributed by atoms with van der Waals surface area (Å²) in [4.78, 5) is 13.0. The molecule has 0 unspecified atom stereocenters. The van der Waals surface area contributed by atoms with E-state index in [1.807, 2.05) is 31.2 Å². The number of methoxy groups -OCH3 is 1. The summed E-state index contributed by atoms with van der Waals surface area (Å²) in [5, 5.41) is 2.97. The Morgan fingerprint density at radius 3 is 2.23 bits per heavy atom. The van der Waals surface area contributed by atoms with Gasteiger partial charge in [-0.25, -0.2) is 8.42 Å². The molecule has 3 rings (SSSR count). The third-order valence-corrected chi connectivity index (χ3v) is 6.95. The molecule has 1 amide bonds. The van der Waals surface area contributed by atoms with Crippen LogP contribution in [0.25, 0.3) is 0 Å². The highest BCUT2D eigenvalue weighted by Crippen LogP contribution is 2.26. The van der Waals surface area contributed by atoms with Gasteiger partial charge in [-0.3, -0.25) is 9.10 Å². The van der Waals surface area contributed by atoms with Gasteiger partial charge < -0.3 is 10.1 Å². The molecule has 0 aliphatic rings. The molecule has 0 radical (unpaired) electrons. The predicted molar refractivity (Wildman–Crippen MR) is 122 cm³/mol. The molecule has 6 nitrogen and oxygen atoms in total. The average molecular weight is 439 g/mol. The maximum atomic E-state index is 12.9. The molecule has 7 heteroatoms. The standard InChI is InChI=1S/C24H26N2O4S/c1-17-16-20(24(27)25-18(2)19-10-13-21(30-4)14-11-19)12-15-23(17)26(3)31(28,29)22-8-6-5-7-9-22/h5-16,18H,1-4H3,(H,25,27)/t18-/m1/s1. The Kier molecular flexibility index (Phi) is 6.65. The van der Waals surface area contributed by atoms with Gasteiger partial charge in [0, 0.05) is 12.6 Å². The Morgan fingerprint density at radius 1 is 1.00 bits per heavy atom. The Bertz CT molecular complexity index is 1160. The highest BCUT2D eigenvalue weighted by atomic mass is 32.2. The third kappa shape index (κ3) is 4.88. The number of anilines is 1. The van der Waals surface area contributed by atoms with Gasteiger partial charge in [-0.1, -0.05) is 30.3 Å². The van der Waals surface area contributed by atoms with Gasteiger partial charge >= 0.3 is 0 Å². The number of carbonyl (C=O) groups is 1. The molecule has 31 heavy (non-hydrogen) atoms. The number of rotatable bonds is 7. The van der Waals surface area contributed by atoms with Crippen LogP contribution in [0.2, 0.25) is 0 Å². The molecule has 0 aliphatic carbocycles. The van der Waals surface area contributed by atoms with Crippen molar-refractivity contribution < 1.29 is 17.9 Å². The number of sulfonamides is 1. The number of hydrogen-bond acceptors (Lipinski definition) is 4. The number of benzene rings is 3. The summed E-state index contributed by atoms with van der Waals surface area (Å²) in [5.74, 6) is 0.523. The second kappa shape index (κ2) is 9.22. The van der Waals surface area contributed by atoms with Crippen LogP contribution in [0.15, 0.2) is 77.7 Å². The van der Waals surface area contributed by atoms with Gasteiger partial charge in [0.25, 0.3) is 15.9 Å². The van der Waals surface area contributed by atoms with Gasteiger partial charge in [0.05, 0.1) is 23.7 Å². The number of amides is 1. The molecule has 0 saturated heterocycles. The zero-order valence-corrected chi connectivity index (χ0v) is 18.8. The molecule has 1 atom stereocenters. The lowest BCUT2D eigenvalue weighted by molar-refractivity contribution is 0.0940. The summed E-state index contributed by atoms with van der Waals surface area (Å²) in [6.45, 7) is 3.69. The van der Waals surface area contributed by atoms with Crippen molar-refractivity contribution in [1.29, 1.82) is 0 Å². The normalized spacial score (nSPS) is 12.1. The van der Waals surface area contributed by atoms with Crippen molar-refractivity contribution in [1.82, 2.24) is 5.32 Å². The van der Waals surface area contributed by atoms with Crippen LogP contribution in [-0.4, -0.2) is 28.5 Å². The lowest BCUT2D eigenvalue weighted by Gasteiger charge is -2.22. The second-order valence-electron chi connectivity index (χ2n) is 7.26. The van der Waals surface area contributed by atoms with E-state index >= 15 is 0 Å². The summed E-state index contributed by atoms with van der Waals surface area (Å²) in [5.41, 5.74) is 2.62. The molecule has 0 spiro atoms. The summed E-state index contributed by atoms with van der Waals surface area (Å²) >= 11 is 0. The van der Waals surface area contributed by atoms with Gasteiger partial charge in [0.1, 0.15) is 5.75 Å². The molecular formula is C24H26N2O4S. The van der Waals surface area contributed by atoms with Crippen LogP contribution in [-0.2, 0) is 10.0 Å². The van der Waals surface area contributed by atoms with Crippen LogP contribution in [0.5, 0.6) is 5.75 Å². The maximum Gasteiger partial charge on any atom is 0.264 e. The highest BCUT2D eigenvalue weighted by Gasteiger charge is 2.23. The van der Waals surface area contributed by atoms with Crippen molar-refractivity contribution >= 4 is 21.6 Å². The number of nitrogens with zero attached hydrogens (tertiary/aromatic N) is 1. The quantitative estimate of drug-likeness (QED) is 0.596. The minimum absolute atomic E-state index is 0.195. The van der Waals surface area contributed by atoms with Crippen molar-refractivity contribution in [3.05, 3.63) is 89.5 Å². The van der Waals surface area contributed by atoms with Crippen LogP contribution >= 0.6 is 0 Å². The molecule has 162 valence electrons. The summed E-state index contributed by atoms with van der Waals surface area (Å²) in [6.07, 6.45) is 0. The average Bonchev–Trinajstić information content (AvgIpc) is 2.79. The first-order valence-electron chi connectivity index (χ1n) is 9.83. The van der Waals surface area contributed by atoms with Crippen molar-refractivity contribution in [3.8, 4) is 5.75 Å². The van der Waals surface area contributed by atoms with Crippen molar-refractivity contribution in [2.45, 2.75) is 24.8 Å². The molecular weight excluding hydrogens is 412 g/mol. The third-order valence-electron chi connectivity index (χ3n) is 5.16. The van der Waals surface area contributed by atoms with Crippen LogP contribution < -0.4 is 14.4 Å². The van der Waals surface area contributed by atoms with E-state index < -0.39 is 10.0 Å². The molecule has 0 fully saturated rings. The van der Waals surface area contributed by atoms with Crippen LogP contribution in [0.4, 0.5) is 5.69 Å². The Labute approximate surface area is 183 Å². The zero-order valence-electron chi connectivity index (χ0n) is 18.0. The van der Waals surface area contributed by atoms with Crippen LogP contribution in [0.3, 0.4) is 0 Å². The topological polar surface area (TPSA) is 75.7 Å². The fraction of sp³-hybridized carbons (Fsp3) is 0.208. The lowest BCUT2D eigenvalue weighted by atomic mass is 10.1. The fourth-order valence-corrected chi connectivity index (χ4v) is 4.57. The minimum atomic E-state index is -3.69. The van der Waals surface area contributed by atoms with Gasteiger partial charge in [0.2, 0.25) is 0 Å². The summed E-state index contributed by atoms with van der Waals surface area (Å²) in [6, 6.07) is 20.6. The zero-order chi connectivity index (χ0) is 22.6. The smallest absolute Gasteiger partial charge is 0.264 e. The van der Waals surface area contributed by atoms with E-state index in [1.165, 1.54) is 11.4 Å². The molecule has 0 heterocycles. The minimum Gasteiger partial charge on any atom is -0.497 e. The van der Waals surface area contributed by atoms with Gasteiger partial charge in [0.15, 0.2) is 0 Å². The van der Waals surface area contributed by atoms with Crippen molar-refractivity contribution in [3.63, 3.8) is 0 Å². The van der Waals surface area contributed by atoms with Gasteiger partial charge in [-0.15, -0.1) is 0 Å². The van der Waals surface area contributed by atoms with Crippen molar-refractivity contribution in [2.24, 2.45) is 0 Å². The number of hydrogen-bond donors (Lipinski definition) is 1. The molecule has 0 aromatic heterocycles. The summed E-state index contributed by atoms with van der Waals surface area (Å²) in [7, 11) is -0.570. The first kappa shape index (κ1) is 22.4.